The van der Waals surface area contributed by atoms with Gasteiger partial charge in [-0.05, 0) is 36.0 Å². The van der Waals surface area contributed by atoms with Crippen molar-refractivity contribution < 1.29 is 0 Å². The van der Waals surface area contributed by atoms with E-state index in [1.807, 2.05) is 0 Å². The van der Waals surface area contributed by atoms with E-state index in [2.05, 4.69) is 72.5 Å². The third-order valence-corrected chi connectivity index (χ3v) is 4.46. The Balaban J connectivity index is 3.68. The van der Waals surface area contributed by atoms with Gasteiger partial charge in [-0.3, -0.25) is 0 Å². The molecule has 0 aliphatic heterocycles. The summed E-state index contributed by atoms with van der Waals surface area (Å²) in [5, 5.41) is 0. The molecular weight excluding hydrogens is 240 g/mol. The van der Waals surface area contributed by atoms with Gasteiger partial charge in [-0.2, -0.15) is 0 Å². The van der Waals surface area contributed by atoms with E-state index in [4.69, 9.17) is 0 Å². The Morgan fingerprint density at radius 2 is 1.13 bits per heavy atom. The van der Waals surface area contributed by atoms with E-state index in [1.54, 1.807) is 0 Å². The second-order valence-corrected chi connectivity index (χ2v) is 6.26. The number of hydrogen-bond donors (Lipinski definition) is 3. The summed E-state index contributed by atoms with van der Waals surface area (Å²) in [5.74, 6) is 0. The van der Waals surface area contributed by atoms with Gasteiger partial charge in [0.1, 0.15) is 0 Å². The lowest BCUT2D eigenvalue weighted by Crippen LogP contribution is -2.15. The Hall–Kier alpha value is 0.270. The maximum Gasteiger partial charge on any atom is 0.0225 e. The van der Waals surface area contributed by atoms with Crippen molar-refractivity contribution in [3.8, 4) is 0 Å². The van der Waals surface area contributed by atoms with Crippen LogP contribution in [-0.4, -0.2) is 0 Å². The lowest BCUT2D eigenvalue weighted by molar-refractivity contribution is 0.559. The third-order valence-electron chi connectivity index (χ3n) is 2.72. The zero-order valence-electron chi connectivity index (χ0n) is 9.84. The zero-order chi connectivity index (χ0) is 12.0. The first-order valence-electron chi connectivity index (χ1n) is 4.92. The molecule has 0 bridgehead atoms. The Labute approximate surface area is 109 Å². The molecule has 0 amide bonds. The van der Waals surface area contributed by atoms with Crippen molar-refractivity contribution in [3.05, 3.63) is 16.7 Å². The monoisotopic (exact) mass is 258 g/mol. The minimum atomic E-state index is 0.0457. The fourth-order valence-electron chi connectivity index (χ4n) is 1.66. The van der Waals surface area contributed by atoms with Gasteiger partial charge in [-0.15, -0.1) is 37.9 Å². The fraction of sp³-hybridized carbons (Fsp3) is 0.500. The van der Waals surface area contributed by atoms with Crippen LogP contribution in [-0.2, 0) is 5.41 Å². The molecule has 0 heterocycles. The molecule has 1 rings (SSSR count). The molecule has 0 aliphatic carbocycles. The van der Waals surface area contributed by atoms with Crippen LogP contribution in [0, 0.1) is 13.8 Å². The summed E-state index contributed by atoms with van der Waals surface area (Å²) < 4.78 is 0. The molecule has 84 valence electrons. The van der Waals surface area contributed by atoms with E-state index >= 15 is 0 Å². The second kappa shape index (κ2) is 4.27. The number of thiol groups is 3. The topological polar surface area (TPSA) is 0 Å². The van der Waals surface area contributed by atoms with Crippen molar-refractivity contribution in [2.24, 2.45) is 0 Å². The highest BCUT2D eigenvalue weighted by Gasteiger charge is 2.23. The molecule has 15 heavy (non-hydrogen) atoms. The quantitative estimate of drug-likeness (QED) is 0.562. The smallest absolute Gasteiger partial charge is 0.0225 e. The first-order chi connectivity index (χ1) is 6.68. The number of hydrogen-bond acceptors (Lipinski definition) is 3. The standard InChI is InChI=1S/C12H18S3/c1-6-7(2)10(14)11(15)8(9(6)13)12(3,4)5/h13-15H,1-5H3. The van der Waals surface area contributed by atoms with Crippen molar-refractivity contribution in [1.82, 2.24) is 0 Å². The Bertz CT molecular complexity index is 371. The van der Waals surface area contributed by atoms with E-state index in [1.165, 1.54) is 16.7 Å². The maximum atomic E-state index is 4.61. The van der Waals surface area contributed by atoms with Crippen molar-refractivity contribution in [2.45, 2.75) is 54.7 Å². The number of rotatable bonds is 0. The molecule has 0 spiro atoms. The molecule has 0 aromatic heterocycles. The summed E-state index contributed by atoms with van der Waals surface area (Å²) in [5.41, 5.74) is 3.60. The van der Waals surface area contributed by atoms with Crippen LogP contribution < -0.4 is 0 Å². The summed E-state index contributed by atoms with van der Waals surface area (Å²) in [6.45, 7) is 10.7. The predicted octanol–water partition coefficient (Wildman–Crippen LogP) is 4.47. The summed E-state index contributed by atoms with van der Waals surface area (Å²) in [6.07, 6.45) is 0. The largest absolute Gasteiger partial charge is 0.143 e. The molecule has 0 fully saturated rings. The molecule has 1 aromatic rings. The molecule has 0 radical (unpaired) electrons. The molecule has 0 aliphatic rings. The molecule has 0 atom stereocenters. The Morgan fingerprint density at radius 3 is 1.53 bits per heavy atom. The highest BCUT2D eigenvalue weighted by Crippen LogP contribution is 2.40. The maximum absolute atomic E-state index is 4.61. The lowest BCUT2D eigenvalue weighted by Gasteiger charge is -2.26. The molecule has 0 unspecified atom stereocenters. The average Bonchev–Trinajstić information content (AvgIpc) is 2.09. The van der Waals surface area contributed by atoms with Gasteiger partial charge in [-0.25, -0.2) is 0 Å². The minimum absolute atomic E-state index is 0.0457. The molecule has 0 saturated heterocycles. The van der Waals surface area contributed by atoms with Crippen LogP contribution in [0.5, 0.6) is 0 Å². The van der Waals surface area contributed by atoms with Gasteiger partial charge in [-0.1, -0.05) is 20.8 Å². The van der Waals surface area contributed by atoms with Crippen LogP contribution >= 0.6 is 37.9 Å². The van der Waals surface area contributed by atoms with Crippen LogP contribution in [0.1, 0.15) is 37.5 Å². The van der Waals surface area contributed by atoms with Gasteiger partial charge < -0.3 is 0 Å². The summed E-state index contributed by atoms with van der Waals surface area (Å²) >= 11 is 13.7. The van der Waals surface area contributed by atoms with Gasteiger partial charge in [0.05, 0.1) is 0 Å². The molecular formula is C12H18S3. The summed E-state index contributed by atoms with van der Waals surface area (Å²) in [6, 6.07) is 0. The average molecular weight is 258 g/mol. The predicted molar refractivity (Wildman–Crippen MR) is 76.4 cm³/mol. The number of benzene rings is 1. The van der Waals surface area contributed by atoms with E-state index in [0.717, 1.165) is 14.7 Å². The molecule has 1 aromatic carbocycles. The van der Waals surface area contributed by atoms with Gasteiger partial charge >= 0.3 is 0 Å². The Kier molecular flexibility index (Phi) is 3.79. The second-order valence-electron chi connectivity index (χ2n) is 4.92. The van der Waals surface area contributed by atoms with Crippen LogP contribution in [0.15, 0.2) is 14.7 Å². The highest BCUT2D eigenvalue weighted by molar-refractivity contribution is 7.83. The summed E-state index contributed by atoms with van der Waals surface area (Å²) in [4.78, 5) is 2.97. The fourth-order valence-corrected chi connectivity index (χ4v) is 3.26. The van der Waals surface area contributed by atoms with E-state index < -0.39 is 0 Å². The third kappa shape index (κ3) is 2.34. The summed E-state index contributed by atoms with van der Waals surface area (Å²) in [7, 11) is 0. The van der Waals surface area contributed by atoms with Gasteiger partial charge in [0, 0.05) is 14.7 Å². The normalized spacial score (nSPS) is 12.0. The van der Waals surface area contributed by atoms with E-state index in [0.29, 0.717) is 0 Å². The molecule has 3 heteroatoms. The molecule has 0 N–H and O–H groups in total. The van der Waals surface area contributed by atoms with Crippen molar-refractivity contribution in [3.63, 3.8) is 0 Å². The van der Waals surface area contributed by atoms with Crippen LogP contribution in [0.3, 0.4) is 0 Å². The van der Waals surface area contributed by atoms with E-state index in [9.17, 15) is 0 Å². The van der Waals surface area contributed by atoms with Crippen LogP contribution in [0.2, 0.25) is 0 Å². The van der Waals surface area contributed by atoms with E-state index in [-0.39, 0.29) is 5.41 Å². The highest BCUT2D eigenvalue weighted by atomic mass is 32.1. The first kappa shape index (κ1) is 13.3. The first-order valence-corrected chi connectivity index (χ1v) is 6.26. The van der Waals surface area contributed by atoms with Gasteiger partial charge in [0.2, 0.25) is 0 Å². The Morgan fingerprint density at radius 1 is 0.733 bits per heavy atom. The van der Waals surface area contributed by atoms with Crippen molar-refractivity contribution >= 4 is 37.9 Å². The molecule has 0 nitrogen and oxygen atoms in total. The zero-order valence-corrected chi connectivity index (χ0v) is 12.5. The van der Waals surface area contributed by atoms with Crippen molar-refractivity contribution in [2.75, 3.05) is 0 Å². The van der Waals surface area contributed by atoms with Crippen LogP contribution in [0.25, 0.3) is 0 Å². The lowest BCUT2D eigenvalue weighted by atomic mass is 9.85. The molecule has 0 saturated carbocycles. The van der Waals surface area contributed by atoms with Crippen LogP contribution in [0.4, 0.5) is 0 Å². The van der Waals surface area contributed by atoms with Crippen molar-refractivity contribution in [1.29, 1.82) is 0 Å². The SMILES string of the molecule is Cc1c(C)c(S)c(C(C)(C)C)c(S)c1S. The van der Waals surface area contributed by atoms with Gasteiger partial charge in [0.15, 0.2) is 0 Å². The minimum Gasteiger partial charge on any atom is -0.143 e. The van der Waals surface area contributed by atoms with Gasteiger partial charge in [0.25, 0.3) is 0 Å².